The number of likely N-dealkylation sites (tertiary alicyclic amines) is 1. The Morgan fingerprint density at radius 2 is 2.04 bits per heavy atom. The number of carbonyl (C=O) groups is 2. The molecule has 2 fully saturated rings. The van der Waals surface area contributed by atoms with Crippen LogP contribution in [-0.2, 0) is 4.79 Å². The molecule has 0 bridgehead atoms. The van der Waals surface area contributed by atoms with Gasteiger partial charge in [0.15, 0.2) is 0 Å². The Kier molecular flexibility index (Phi) is 4.24. The third-order valence-corrected chi connectivity index (χ3v) is 4.70. The van der Waals surface area contributed by atoms with Gasteiger partial charge < -0.3 is 15.3 Å². The second kappa shape index (κ2) is 6.70. The third kappa shape index (κ3) is 3.49. The second-order valence-corrected chi connectivity index (χ2v) is 6.73. The Bertz CT molecular complexity index is 852. The minimum Gasteiger partial charge on any atom is -0.478 e. The Morgan fingerprint density at radius 1 is 1.23 bits per heavy atom. The van der Waals surface area contributed by atoms with Crippen LogP contribution in [0, 0.1) is 5.92 Å². The fourth-order valence-corrected chi connectivity index (χ4v) is 3.21. The second-order valence-electron chi connectivity index (χ2n) is 6.73. The summed E-state index contributed by atoms with van der Waals surface area (Å²) in [5.41, 5.74) is 1.19. The average molecular weight is 353 g/mol. The fraction of sp³-hybridized carbons (Fsp3) is 0.389. The molecule has 2 N–H and O–H groups in total. The molecule has 1 aliphatic heterocycles. The quantitative estimate of drug-likeness (QED) is 0.813. The number of hydrogen-bond acceptors (Lipinski definition) is 6. The molecule has 0 radical (unpaired) electrons. The van der Waals surface area contributed by atoms with E-state index in [9.17, 15) is 9.59 Å². The normalized spacial score (nSPS) is 19.6. The molecule has 3 heterocycles. The van der Waals surface area contributed by atoms with Gasteiger partial charge in [0.1, 0.15) is 0 Å². The Balaban J connectivity index is 1.42. The van der Waals surface area contributed by atoms with Gasteiger partial charge in [-0.15, -0.1) is 0 Å². The van der Waals surface area contributed by atoms with E-state index in [0.717, 1.165) is 19.4 Å². The lowest BCUT2D eigenvalue weighted by Crippen LogP contribution is -2.28. The number of carboxylic acid groups (broad SMARTS) is 1. The summed E-state index contributed by atoms with van der Waals surface area (Å²) >= 11 is 0. The highest BCUT2D eigenvalue weighted by molar-refractivity contribution is 5.88. The number of anilines is 1. The molecule has 2 aliphatic rings. The zero-order valence-corrected chi connectivity index (χ0v) is 14.1. The molecule has 0 aromatic carbocycles. The van der Waals surface area contributed by atoms with Crippen LogP contribution >= 0.6 is 0 Å². The number of amides is 1. The van der Waals surface area contributed by atoms with Crippen LogP contribution < -0.4 is 5.32 Å². The van der Waals surface area contributed by atoms with Crippen LogP contribution in [0.4, 0.5) is 5.95 Å². The van der Waals surface area contributed by atoms with Crippen LogP contribution in [-0.4, -0.2) is 56.0 Å². The molecule has 1 saturated carbocycles. The summed E-state index contributed by atoms with van der Waals surface area (Å²) in [5, 5.41) is 12.3. The van der Waals surface area contributed by atoms with Gasteiger partial charge in [-0.1, -0.05) is 0 Å². The van der Waals surface area contributed by atoms with Gasteiger partial charge in [0.05, 0.1) is 17.0 Å². The van der Waals surface area contributed by atoms with E-state index in [1.165, 1.54) is 18.3 Å². The minimum atomic E-state index is -1.01. The summed E-state index contributed by atoms with van der Waals surface area (Å²) in [6.07, 6.45) is 5.87. The number of carbonyl (C=O) groups excluding carboxylic acids is 1. The van der Waals surface area contributed by atoms with E-state index in [1.807, 2.05) is 4.90 Å². The Hall–Kier alpha value is -3.03. The Morgan fingerprint density at radius 3 is 2.81 bits per heavy atom. The highest BCUT2D eigenvalue weighted by Gasteiger charge is 2.39. The van der Waals surface area contributed by atoms with E-state index in [-0.39, 0.29) is 17.4 Å². The van der Waals surface area contributed by atoms with Crippen molar-refractivity contribution in [2.45, 2.75) is 25.3 Å². The summed E-state index contributed by atoms with van der Waals surface area (Å²) in [6, 6.07) is 5.07. The fourth-order valence-electron chi connectivity index (χ4n) is 3.21. The molecule has 134 valence electrons. The summed E-state index contributed by atoms with van der Waals surface area (Å²) in [4.78, 5) is 37.9. The first-order valence-electron chi connectivity index (χ1n) is 8.66. The van der Waals surface area contributed by atoms with Crippen molar-refractivity contribution in [2.24, 2.45) is 5.92 Å². The van der Waals surface area contributed by atoms with Crippen molar-refractivity contribution in [3.63, 3.8) is 0 Å². The van der Waals surface area contributed by atoms with Crippen molar-refractivity contribution in [1.82, 2.24) is 19.9 Å². The van der Waals surface area contributed by atoms with E-state index in [1.54, 1.807) is 12.3 Å². The molecule has 8 heteroatoms. The minimum absolute atomic E-state index is 0.160. The predicted octanol–water partition coefficient (Wildman–Crippen LogP) is 1.66. The lowest BCUT2D eigenvalue weighted by Gasteiger charge is -2.15. The molecule has 2 aromatic heterocycles. The molecule has 4 rings (SSSR count). The molecule has 0 spiro atoms. The number of rotatable bonds is 6. The van der Waals surface area contributed by atoms with Crippen LogP contribution in [0.3, 0.4) is 0 Å². The van der Waals surface area contributed by atoms with Crippen molar-refractivity contribution in [3.8, 4) is 11.4 Å². The van der Waals surface area contributed by atoms with Gasteiger partial charge in [0.2, 0.25) is 11.9 Å². The van der Waals surface area contributed by atoms with E-state index in [4.69, 9.17) is 5.11 Å². The van der Waals surface area contributed by atoms with Crippen molar-refractivity contribution in [3.05, 3.63) is 36.2 Å². The standard InChI is InChI=1S/C18H19N5O3/c24-16-7-11(10-23(16)13-1-2-13)9-21-18-20-6-4-14(22-18)15-8-12(17(25)26)3-5-19-15/h3-6,8,11,13H,1-2,7,9-10H2,(H,25,26)(H,20,21,22)/t11-/m1/s1. The maximum atomic E-state index is 12.0. The van der Waals surface area contributed by atoms with Gasteiger partial charge in [0, 0.05) is 43.9 Å². The number of carboxylic acids is 1. The van der Waals surface area contributed by atoms with Crippen LogP contribution in [0.1, 0.15) is 29.6 Å². The largest absolute Gasteiger partial charge is 0.478 e. The van der Waals surface area contributed by atoms with E-state index in [0.29, 0.717) is 36.3 Å². The maximum absolute atomic E-state index is 12.0. The zero-order valence-electron chi connectivity index (χ0n) is 14.1. The lowest BCUT2D eigenvalue weighted by atomic mass is 10.1. The molecule has 1 amide bonds. The number of pyridine rings is 1. The van der Waals surface area contributed by atoms with Gasteiger partial charge in [-0.25, -0.2) is 14.8 Å². The maximum Gasteiger partial charge on any atom is 0.335 e. The molecule has 2 aromatic rings. The lowest BCUT2D eigenvalue weighted by molar-refractivity contribution is -0.128. The van der Waals surface area contributed by atoms with Crippen LogP contribution in [0.5, 0.6) is 0 Å². The first-order valence-corrected chi connectivity index (χ1v) is 8.66. The van der Waals surface area contributed by atoms with Gasteiger partial charge in [-0.2, -0.15) is 0 Å². The first-order chi connectivity index (χ1) is 12.6. The van der Waals surface area contributed by atoms with Gasteiger partial charge in [-0.3, -0.25) is 9.78 Å². The summed E-state index contributed by atoms with van der Waals surface area (Å²) in [5.74, 6) is -0.0676. The topological polar surface area (TPSA) is 108 Å². The number of nitrogens with one attached hydrogen (secondary N) is 1. The van der Waals surface area contributed by atoms with E-state index >= 15 is 0 Å². The van der Waals surface area contributed by atoms with Crippen molar-refractivity contribution < 1.29 is 14.7 Å². The van der Waals surface area contributed by atoms with E-state index < -0.39 is 5.97 Å². The predicted molar refractivity (Wildman–Crippen MR) is 93.6 cm³/mol. The van der Waals surface area contributed by atoms with Crippen molar-refractivity contribution >= 4 is 17.8 Å². The SMILES string of the molecule is O=C(O)c1ccnc(-c2ccnc(NC[C@H]3CC(=O)N(C4CC4)C3)n2)c1. The first kappa shape index (κ1) is 16.4. The molecular formula is C18H19N5O3. The molecule has 26 heavy (non-hydrogen) atoms. The average Bonchev–Trinajstić information content (AvgIpc) is 3.43. The monoisotopic (exact) mass is 353 g/mol. The number of nitrogens with zero attached hydrogens (tertiary/aromatic N) is 4. The molecule has 1 saturated heterocycles. The van der Waals surface area contributed by atoms with Crippen LogP contribution in [0.15, 0.2) is 30.6 Å². The van der Waals surface area contributed by atoms with Crippen molar-refractivity contribution in [2.75, 3.05) is 18.4 Å². The number of aromatic nitrogens is 3. The molecule has 8 nitrogen and oxygen atoms in total. The van der Waals surface area contributed by atoms with Gasteiger partial charge in [-0.05, 0) is 31.0 Å². The molecule has 1 atom stereocenters. The summed E-state index contributed by atoms with van der Waals surface area (Å²) < 4.78 is 0. The van der Waals surface area contributed by atoms with E-state index in [2.05, 4.69) is 20.3 Å². The van der Waals surface area contributed by atoms with Gasteiger partial charge >= 0.3 is 5.97 Å². The highest BCUT2D eigenvalue weighted by atomic mass is 16.4. The Labute approximate surface area is 150 Å². The number of aromatic carboxylic acids is 1. The number of hydrogen-bond donors (Lipinski definition) is 2. The van der Waals surface area contributed by atoms with Crippen LogP contribution in [0.2, 0.25) is 0 Å². The third-order valence-electron chi connectivity index (χ3n) is 4.70. The van der Waals surface area contributed by atoms with Crippen LogP contribution in [0.25, 0.3) is 11.4 Å². The van der Waals surface area contributed by atoms with Gasteiger partial charge in [0.25, 0.3) is 0 Å². The summed E-state index contributed by atoms with van der Waals surface area (Å²) in [7, 11) is 0. The van der Waals surface area contributed by atoms with Crippen molar-refractivity contribution in [1.29, 1.82) is 0 Å². The summed E-state index contributed by atoms with van der Waals surface area (Å²) in [6.45, 7) is 1.42. The highest BCUT2D eigenvalue weighted by Crippen LogP contribution is 2.32. The molecular weight excluding hydrogens is 334 g/mol. The zero-order chi connectivity index (χ0) is 18.1. The smallest absolute Gasteiger partial charge is 0.335 e. The molecule has 0 unspecified atom stereocenters. The molecule has 1 aliphatic carbocycles.